The van der Waals surface area contributed by atoms with Crippen LogP contribution in [0.2, 0.25) is 0 Å². The molecule has 1 nitrogen and oxygen atoms in total. The zero-order chi connectivity index (χ0) is 11.6. The Morgan fingerprint density at radius 3 is 2.47 bits per heavy atom. The average Bonchev–Trinajstić information content (AvgIpc) is 2.15. The maximum atomic E-state index is 12.5. The van der Waals surface area contributed by atoms with E-state index in [0.717, 1.165) is 6.07 Å². The fourth-order valence-corrected chi connectivity index (χ4v) is 2.12. The molecule has 1 aromatic carbocycles. The number of alkyl halides is 3. The predicted octanol–water partition coefficient (Wildman–Crippen LogP) is 3.90. The summed E-state index contributed by atoms with van der Waals surface area (Å²) in [4.78, 5) is 11.3. The third-order valence-corrected chi connectivity index (χ3v) is 3.09. The van der Waals surface area contributed by atoms with Crippen molar-refractivity contribution in [3.63, 3.8) is 0 Å². The monoisotopic (exact) mass is 328 g/mol. The Morgan fingerprint density at radius 1 is 1.40 bits per heavy atom. The number of ketones is 1. The molecule has 0 unspecified atom stereocenters. The number of hydrogen-bond acceptors (Lipinski definition) is 1. The summed E-state index contributed by atoms with van der Waals surface area (Å²) in [6, 6.07) is 3.66. The van der Waals surface area contributed by atoms with E-state index in [1.54, 1.807) is 29.5 Å². The molecule has 5 heteroatoms. The largest absolute Gasteiger partial charge is 0.417 e. The van der Waals surface area contributed by atoms with Crippen LogP contribution in [-0.4, -0.2) is 5.78 Å². The molecule has 0 aliphatic rings. The van der Waals surface area contributed by atoms with Gasteiger partial charge in [-0.2, -0.15) is 13.2 Å². The molecule has 82 valence electrons. The smallest absolute Gasteiger partial charge is 0.294 e. The van der Waals surface area contributed by atoms with Crippen molar-refractivity contribution in [2.75, 3.05) is 0 Å². The van der Waals surface area contributed by atoms with Crippen LogP contribution >= 0.6 is 22.6 Å². The van der Waals surface area contributed by atoms with Crippen molar-refractivity contribution < 1.29 is 18.0 Å². The molecule has 0 N–H and O–H groups in total. The third-order valence-electron chi connectivity index (χ3n) is 1.93. The quantitative estimate of drug-likeness (QED) is 0.594. The lowest BCUT2D eigenvalue weighted by molar-refractivity contribution is -0.138. The fourth-order valence-electron chi connectivity index (χ4n) is 1.16. The summed E-state index contributed by atoms with van der Waals surface area (Å²) in [5, 5.41) is 0. The minimum atomic E-state index is -4.40. The summed E-state index contributed by atoms with van der Waals surface area (Å²) < 4.78 is 37.4. The molecule has 0 saturated carbocycles. The second kappa shape index (κ2) is 4.51. The number of rotatable bonds is 2. The molecule has 15 heavy (non-hydrogen) atoms. The van der Waals surface area contributed by atoms with E-state index in [0.29, 0.717) is 0 Å². The van der Waals surface area contributed by atoms with Gasteiger partial charge in [-0.05, 0) is 28.7 Å². The summed E-state index contributed by atoms with van der Waals surface area (Å²) in [6.07, 6.45) is -4.20. The van der Waals surface area contributed by atoms with Gasteiger partial charge in [0.2, 0.25) is 0 Å². The summed E-state index contributed by atoms with van der Waals surface area (Å²) in [7, 11) is 0. The Balaban J connectivity index is 3.30. The summed E-state index contributed by atoms with van der Waals surface area (Å²) >= 11 is 1.56. The van der Waals surface area contributed by atoms with Crippen LogP contribution in [0.1, 0.15) is 29.3 Å². The van der Waals surface area contributed by atoms with E-state index in [1.807, 2.05) is 0 Å². The highest BCUT2D eigenvalue weighted by Crippen LogP contribution is 2.34. The average molecular weight is 328 g/mol. The van der Waals surface area contributed by atoms with E-state index in [4.69, 9.17) is 0 Å². The van der Waals surface area contributed by atoms with Gasteiger partial charge in [0.1, 0.15) is 0 Å². The number of carbonyl (C=O) groups excluding carboxylic acids is 1. The molecule has 1 aromatic rings. The van der Waals surface area contributed by atoms with Crippen LogP contribution in [0, 0.1) is 3.57 Å². The third kappa shape index (κ3) is 2.70. The highest BCUT2D eigenvalue weighted by Gasteiger charge is 2.34. The molecule has 0 saturated heterocycles. The van der Waals surface area contributed by atoms with Gasteiger partial charge >= 0.3 is 6.18 Å². The van der Waals surface area contributed by atoms with Gasteiger partial charge in [-0.15, -0.1) is 0 Å². The highest BCUT2D eigenvalue weighted by molar-refractivity contribution is 14.1. The Kier molecular flexibility index (Phi) is 3.75. The van der Waals surface area contributed by atoms with E-state index in [1.165, 1.54) is 12.1 Å². The molecular formula is C10H8F3IO. The van der Waals surface area contributed by atoms with Crippen LogP contribution in [-0.2, 0) is 6.18 Å². The van der Waals surface area contributed by atoms with Crippen LogP contribution < -0.4 is 0 Å². The van der Waals surface area contributed by atoms with Crippen molar-refractivity contribution in [3.05, 3.63) is 32.9 Å². The lowest BCUT2D eigenvalue weighted by atomic mass is 10.1. The predicted molar refractivity (Wildman–Crippen MR) is 58.8 cm³/mol. The van der Waals surface area contributed by atoms with Gasteiger partial charge in [0, 0.05) is 15.6 Å². The molecule has 0 atom stereocenters. The maximum Gasteiger partial charge on any atom is 0.417 e. The van der Waals surface area contributed by atoms with Crippen molar-refractivity contribution >= 4 is 28.4 Å². The van der Waals surface area contributed by atoms with Crippen molar-refractivity contribution in [2.45, 2.75) is 19.5 Å². The molecule has 1 rings (SSSR count). The SMILES string of the molecule is CCC(=O)c1cccc(C(F)(F)F)c1I. The Bertz CT molecular complexity index is 385. The first-order valence-electron chi connectivity index (χ1n) is 4.26. The normalized spacial score (nSPS) is 11.5. The maximum absolute atomic E-state index is 12.5. The zero-order valence-electron chi connectivity index (χ0n) is 7.86. The van der Waals surface area contributed by atoms with Crippen molar-refractivity contribution in [3.8, 4) is 0 Å². The molecule has 0 bridgehead atoms. The van der Waals surface area contributed by atoms with Crippen molar-refractivity contribution in [2.24, 2.45) is 0 Å². The van der Waals surface area contributed by atoms with Crippen LogP contribution in [0.15, 0.2) is 18.2 Å². The van der Waals surface area contributed by atoms with E-state index in [-0.39, 0.29) is 21.3 Å². The van der Waals surface area contributed by atoms with Crippen LogP contribution in [0.4, 0.5) is 13.2 Å². The molecule has 0 aromatic heterocycles. The van der Waals surface area contributed by atoms with Crippen molar-refractivity contribution in [1.82, 2.24) is 0 Å². The molecule has 0 spiro atoms. The van der Waals surface area contributed by atoms with Gasteiger partial charge < -0.3 is 0 Å². The van der Waals surface area contributed by atoms with E-state index in [2.05, 4.69) is 0 Å². The fraction of sp³-hybridized carbons (Fsp3) is 0.300. The standard InChI is InChI=1S/C10H8F3IO/c1-2-8(15)6-4-3-5-7(9(6)14)10(11,12)13/h3-5H,2H2,1H3. The van der Waals surface area contributed by atoms with Gasteiger partial charge in [0.05, 0.1) is 5.56 Å². The summed E-state index contributed by atoms with van der Waals surface area (Å²) in [5.74, 6) is -0.273. The molecule has 0 aliphatic heterocycles. The van der Waals surface area contributed by atoms with Crippen LogP contribution in [0.5, 0.6) is 0 Å². The van der Waals surface area contributed by atoms with E-state index in [9.17, 15) is 18.0 Å². The number of benzene rings is 1. The highest BCUT2D eigenvalue weighted by atomic mass is 127. The number of Topliss-reactive ketones (excluding diaryl/α,β-unsaturated/α-hetero) is 1. The molecule has 0 aliphatic carbocycles. The Labute approximate surface area is 98.8 Å². The van der Waals surface area contributed by atoms with Gasteiger partial charge in [0.15, 0.2) is 5.78 Å². The minimum absolute atomic E-state index is 0.0190. The van der Waals surface area contributed by atoms with Gasteiger partial charge in [-0.25, -0.2) is 0 Å². The van der Waals surface area contributed by atoms with Crippen LogP contribution in [0.25, 0.3) is 0 Å². The van der Waals surface area contributed by atoms with Gasteiger partial charge in [-0.1, -0.05) is 19.1 Å². The lowest BCUT2D eigenvalue weighted by Gasteiger charge is -2.11. The molecule has 0 fully saturated rings. The number of hydrogen-bond donors (Lipinski definition) is 0. The topological polar surface area (TPSA) is 17.1 Å². The van der Waals surface area contributed by atoms with E-state index >= 15 is 0 Å². The zero-order valence-corrected chi connectivity index (χ0v) is 10.0. The molecule has 0 heterocycles. The molecular weight excluding hydrogens is 320 g/mol. The molecule has 0 amide bonds. The summed E-state index contributed by atoms with van der Waals surface area (Å²) in [5.41, 5.74) is -0.602. The van der Waals surface area contributed by atoms with Gasteiger partial charge in [-0.3, -0.25) is 4.79 Å². The minimum Gasteiger partial charge on any atom is -0.294 e. The van der Waals surface area contributed by atoms with Crippen LogP contribution in [0.3, 0.4) is 0 Å². The number of carbonyl (C=O) groups is 1. The Morgan fingerprint density at radius 2 is 2.00 bits per heavy atom. The first-order valence-corrected chi connectivity index (χ1v) is 5.34. The second-order valence-corrected chi connectivity index (χ2v) is 4.02. The molecule has 0 radical (unpaired) electrons. The first kappa shape index (κ1) is 12.5. The van der Waals surface area contributed by atoms with Gasteiger partial charge in [0.25, 0.3) is 0 Å². The Hall–Kier alpha value is -0.590. The first-order chi connectivity index (χ1) is 6.88. The second-order valence-electron chi connectivity index (χ2n) is 2.94. The summed E-state index contributed by atoms with van der Waals surface area (Å²) in [6.45, 7) is 1.62. The van der Waals surface area contributed by atoms with Crippen molar-refractivity contribution in [1.29, 1.82) is 0 Å². The number of halogens is 4. The van der Waals surface area contributed by atoms with E-state index < -0.39 is 11.7 Å². The lowest BCUT2D eigenvalue weighted by Crippen LogP contribution is -2.11.